The number of rotatable bonds is 8. The van der Waals surface area contributed by atoms with E-state index in [0.29, 0.717) is 23.0 Å². The minimum absolute atomic E-state index is 0.0879. The molecule has 14 heteroatoms. The number of likely N-dealkylation sites (N-methyl/N-ethyl adjacent to an activating group) is 1. The monoisotopic (exact) mass is 497 g/mol. The molecule has 3 heterocycles. The number of hydrogen-bond acceptors (Lipinski definition) is 10. The average molecular weight is 498 g/mol. The molecular formula is C19H27N7O5S2. The maximum absolute atomic E-state index is 12.7. The predicted octanol–water partition coefficient (Wildman–Crippen LogP) is 0.988. The number of carbonyl (C=O) groups is 3. The van der Waals surface area contributed by atoms with Crippen molar-refractivity contribution in [1.82, 2.24) is 35.3 Å². The summed E-state index contributed by atoms with van der Waals surface area (Å²) in [6.07, 6.45) is 0.945. The van der Waals surface area contributed by atoms with Crippen molar-refractivity contribution in [1.29, 1.82) is 0 Å². The van der Waals surface area contributed by atoms with Crippen molar-refractivity contribution in [3.05, 3.63) is 22.8 Å². The van der Waals surface area contributed by atoms with E-state index in [1.807, 2.05) is 19.0 Å². The molecule has 180 valence electrons. The SMILES string of the molecule is CN(C)CCn1nnnc1SC=CC1=C(C(=O)O)N2C(=O)C(NC(=O)OC(C)(C)C)[C@@H]2SC1. The average Bonchev–Trinajstić information content (AvgIpc) is 3.15. The highest BCUT2D eigenvalue weighted by Crippen LogP contribution is 2.41. The molecule has 0 aromatic carbocycles. The Hall–Kier alpha value is -2.58. The number of hydrogen-bond donors (Lipinski definition) is 2. The minimum Gasteiger partial charge on any atom is -0.477 e. The minimum atomic E-state index is -1.20. The van der Waals surface area contributed by atoms with E-state index in [2.05, 4.69) is 20.8 Å². The van der Waals surface area contributed by atoms with E-state index in [1.165, 1.54) is 28.4 Å². The number of alkyl carbamates (subject to hydrolysis) is 1. The van der Waals surface area contributed by atoms with E-state index in [-0.39, 0.29) is 5.70 Å². The number of carbonyl (C=O) groups excluding carboxylic acids is 2. The van der Waals surface area contributed by atoms with Crippen LogP contribution in [0.1, 0.15) is 20.8 Å². The highest BCUT2D eigenvalue weighted by Gasteiger charge is 2.54. The molecule has 0 bridgehead atoms. The summed E-state index contributed by atoms with van der Waals surface area (Å²) < 4.78 is 6.87. The zero-order valence-electron chi connectivity index (χ0n) is 19.0. The molecule has 1 fully saturated rings. The summed E-state index contributed by atoms with van der Waals surface area (Å²) in [4.78, 5) is 39.9. The zero-order valence-corrected chi connectivity index (χ0v) is 20.6. The number of nitrogens with one attached hydrogen (secondary N) is 1. The van der Waals surface area contributed by atoms with Crippen LogP contribution in [-0.2, 0) is 20.9 Å². The lowest BCUT2D eigenvalue weighted by Gasteiger charge is -2.49. The van der Waals surface area contributed by atoms with Gasteiger partial charge in [0.2, 0.25) is 5.16 Å². The molecule has 2 aliphatic rings. The number of tetrazole rings is 1. The fraction of sp³-hybridized carbons (Fsp3) is 0.579. The molecule has 0 saturated carbocycles. The smallest absolute Gasteiger partial charge is 0.408 e. The van der Waals surface area contributed by atoms with Crippen molar-refractivity contribution in [3.8, 4) is 0 Å². The van der Waals surface area contributed by atoms with E-state index in [9.17, 15) is 19.5 Å². The first-order valence-corrected chi connectivity index (χ1v) is 12.1. The van der Waals surface area contributed by atoms with Crippen LogP contribution in [0.4, 0.5) is 4.79 Å². The summed E-state index contributed by atoms with van der Waals surface area (Å²) in [6.45, 7) is 6.55. The first-order chi connectivity index (χ1) is 15.5. The molecule has 0 radical (unpaired) electrons. The lowest BCUT2D eigenvalue weighted by atomic mass is 10.0. The number of aromatic nitrogens is 4. The highest BCUT2D eigenvalue weighted by atomic mass is 32.2. The van der Waals surface area contributed by atoms with Crippen LogP contribution in [0.2, 0.25) is 0 Å². The normalized spacial score (nSPS) is 20.8. The third-order valence-electron chi connectivity index (χ3n) is 4.57. The number of nitrogens with zero attached hydrogens (tertiary/aromatic N) is 6. The maximum Gasteiger partial charge on any atom is 0.408 e. The summed E-state index contributed by atoms with van der Waals surface area (Å²) in [6, 6.07) is -0.833. The van der Waals surface area contributed by atoms with Crippen LogP contribution in [0, 0.1) is 0 Å². The summed E-state index contributed by atoms with van der Waals surface area (Å²) in [5, 5.41) is 25.7. The molecule has 1 aromatic rings. The Morgan fingerprint density at radius 1 is 1.39 bits per heavy atom. The fourth-order valence-electron chi connectivity index (χ4n) is 3.10. The van der Waals surface area contributed by atoms with Gasteiger partial charge in [-0.3, -0.25) is 9.69 Å². The van der Waals surface area contributed by atoms with E-state index in [0.717, 1.165) is 6.54 Å². The van der Waals surface area contributed by atoms with Crippen molar-refractivity contribution in [2.45, 2.75) is 49.5 Å². The van der Waals surface area contributed by atoms with Gasteiger partial charge in [-0.05, 0) is 62.4 Å². The summed E-state index contributed by atoms with van der Waals surface area (Å²) in [5.74, 6) is -1.32. The molecule has 1 aromatic heterocycles. The van der Waals surface area contributed by atoms with Gasteiger partial charge in [0, 0.05) is 12.3 Å². The Balaban J connectivity index is 1.69. The second-order valence-electron chi connectivity index (χ2n) is 8.62. The van der Waals surface area contributed by atoms with Crippen LogP contribution in [0.5, 0.6) is 0 Å². The highest BCUT2D eigenvalue weighted by molar-refractivity contribution is 8.02. The molecule has 0 aliphatic carbocycles. The Bertz CT molecular complexity index is 985. The van der Waals surface area contributed by atoms with Crippen LogP contribution >= 0.6 is 23.5 Å². The number of carboxylic acids is 1. The van der Waals surface area contributed by atoms with Crippen molar-refractivity contribution < 1.29 is 24.2 Å². The van der Waals surface area contributed by atoms with Crippen LogP contribution in [0.3, 0.4) is 0 Å². The van der Waals surface area contributed by atoms with Gasteiger partial charge in [-0.25, -0.2) is 14.3 Å². The van der Waals surface area contributed by atoms with Gasteiger partial charge < -0.3 is 20.1 Å². The van der Waals surface area contributed by atoms with E-state index in [1.54, 1.807) is 36.9 Å². The van der Waals surface area contributed by atoms with Crippen LogP contribution < -0.4 is 5.32 Å². The topological polar surface area (TPSA) is 143 Å². The number of β-lactam (4-membered cyclic amide) rings is 1. The number of carboxylic acid groups (broad SMARTS) is 1. The van der Waals surface area contributed by atoms with Gasteiger partial charge in [-0.2, -0.15) is 0 Å². The van der Waals surface area contributed by atoms with Gasteiger partial charge in [0.1, 0.15) is 22.7 Å². The Morgan fingerprint density at radius 3 is 2.76 bits per heavy atom. The van der Waals surface area contributed by atoms with Gasteiger partial charge in [0.05, 0.1) is 6.54 Å². The number of thioether (sulfide) groups is 2. The van der Waals surface area contributed by atoms with Gasteiger partial charge in [0.15, 0.2) is 0 Å². The van der Waals surface area contributed by atoms with Crippen LogP contribution in [-0.4, -0.2) is 96.5 Å². The third-order valence-corrected chi connectivity index (χ3v) is 6.65. The molecular weight excluding hydrogens is 470 g/mol. The molecule has 3 rings (SSSR count). The molecule has 12 nitrogen and oxygen atoms in total. The van der Waals surface area contributed by atoms with E-state index in [4.69, 9.17) is 4.74 Å². The lowest BCUT2D eigenvalue weighted by Crippen LogP contribution is -2.70. The lowest BCUT2D eigenvalue weighted by molar-refractivity contribution is -0.149. The number of amides is 2. The van der Waals surface area contributed by atoms with E-state index >= 15 is 0 Å². The second kappa shape index (κ2) is 10.1. The van der Waals surface area contributed by atoms with Crippen molar-refractivity contribution >= 4 is 41.5 Å². The van der Waals surface area contributed by atoms with E-state index < -0.39 is 35.0 Å². The van der Waals surface area contributed by atoms with Crippen molar-refractivity contribution in [3.63, 3.8) is 0 Å². The van der Waals surface area contributed by atoms with Crippen LogP contribution in [0.15, 0.2) is 27.9 Å². The van der Waals surface area contributed by atoms with Crippen molar-refractivity contribution in [2.75, 3.05) is 26.4 Å². The molecule has 1 saturated heterocycles. The van der Waals surface area contributed by atoms with Crippen LogP contribution in [0.25, 0.3) is 0 Å². The van der Waals surface area contributed by atoms with Crippen molar-refractivity contribution in [2.24, 2.45) is 0 Å². The van der Waals surface area contributed by atoms with Gasteiger partial charge in [-0.15, -0.1) is 16.9 Å². The van der Waals surface area contributed by atoms with Gasteiger partial charge in [0.25, 0.3) is 5.91 Å². The summed E-state index contributed by atoms with van der Waals surface area (Å²) in [5.41, 5.74) is -0.299. The quantitative estimate of drug-likeness (QED) is 0.392. The standard InChI is InChI=1S/C19H27N7O5S2/c1-19(2,3)31-18(30)20-12-14(27)26-13(16(28)29)11(10-33-15(12)26)6-9-32-17-21-22-23-25(17)8-7-24(4)5/h6,9,12,15H,7-8,10H2,1-5H3,(H,20,30)(H,28,29)/t12?,15-/m0/s1. The zero-order chi connectivity index (χ0) is 24.3. The Labute approximate surface area is 199 Å². The first-order valence-electron chi connectivity index (χ1n) is 10.1. The molecule has 1 unspecified atom stereocenters. The predicted molar refractivity (Wildman–Crippen MR) is 122 cm³/mol. The van der Waals surface area contributed by atoms with Gasteiger partial charge >= 0.3 is 12.1 Å². The maximum atomic E-state index is 12.7. The number of allylic oxidation sites excluding steroid dienone is 1. The fourth-order valence-corrected chi connectivity index (χ4v) is 5.10. The molecule has 2 N–H and O–H groups in total. The third kappa shape index (κ3) is 6.06. The second-order valence-corrected chi connectivity index (χ2v) is 10.6. The number of ether oxygens (including phenoxy) is 1. The molecule has 0 spiro atoms. The molecule has 2 atom stereocenters. The largest absolute Gasteiger partial charge is 0.477 e. The summed E-state index contributed by atoms with van der Waals surface area (Å²) >= 11 is 2.64. The Kier molecular flexibility index (Phi) is 7.69. The van der Waals surface area contributed by atoms with Gasteiger partial charge in [-0.1, -0.05) is 11.8 Å². The molecule has 2 aliphatic heterocycles. The number of aliphatic carboxylic acids is 1. The molecule has 33 heavy (non-hydrogen) atoms. The Morgan fingerprint density at radius 2 is 2.12 bits per heavy atom. The number of fused-ring (bicyclic) bond motifs is 1. The molecule has 2 amide bonds. The summed E-state index contributed by atoms with van der Waals surface area (Å²) in [7, 11) is 3.91. The first kappa shape index (κ1) is 25.1.